The number of ether oxygens (including phenoxy) is 1. The van der Waals surface area contributed by atoms with Gasteiger partial charge in [-0.1, -0.05) is 0 Å². The molecule has 1 saturated heterocycles. The van der Waals surface area contributed by atoms with Crippen LogP contribution in [-0.2, 0) is 14.8 Å². The minimum absolute atomic E-state index is 0.0932. The third-order valence-corrected chi connectivity index (χ3v) is 4.65. The first kappa shape index (κ1) is 13.9. The molecule has 1 atom stereocenters. The lowest BCUT2D eigenvalue weighted by molar-refractivity contribution is 0.0386. The predicted molar refractivity (Wildman–Crippen MR) is 67.7 cm³/mol. The molecule has 6 nitrogen and oxygen atoms in total. The minimum atomic E-state index is -3.78. The normalized spacial score (nSPS) is 23.8. The van der Waals surface area contributed by atoms with E-state index in [-0.39, 0.29) is 10.6 Å². The summed E-state index contributed by atoms with van der Waals surface area (Å²) in [4.78, 5) is 3.67. The van der Waals surface area contributed by atoms with Crippen LogP contribution in [0.3, 0.4) is 0 Å². The summed E-state index contributed by atoms with van der Waals surface area (Å²) in [6, 6.07) is 4.66. The highest BCUT2D eigenvalue weighted by molar-refractivity contribution is 7.89. The highest BCUT2D eigenvalue weighted by Gasteiger charge is 2.34. The maximum absolute atomic E-state index is 12.3. The van der Waals surface area contributed by atoms with E-state index in [1.807, 2.05) is 0 Å². The van der Waals surface area contributed by atoms with E-state index in [1.165, 1.54) is 18.3 Å². The van der Waals surface area contributed by atoms with Crippen LogP contribution < -0.4 is 4.72 Å². The monoisotopic (exact) mass is 281 g/mol. The Morgan fingerprint density at radius 3 is 3.00 bits per heavy atom. The van der Waals surface area contributed by atoms with Gasteiger partial charge in [0, 0.05) is 12.8 Å². The smallest absolute Gasteiger partial charge is 0.244 e. The fraction of sp³-hybridized carbons (Fsp3) is 0.500. The van der Waals surface area contributed by atoms with E-state index >= 15 is 0 Å². The average Bonchev–Trinajstić information content (AvgIpc) is 2.38. The van der Waals surface area contributed by atoms with Gasteiger partial charge in [0.1, 0.15) is 11.0 Å². The lowest BCUT2D eigenvalue weighted by Crippen LogP contribution is -2.51. The largest absolute Gasteiger partial charge is 0.380 e. The number of hydrogen-bond acceptors (Lipinski definition) is 5. The predicted octanol–water partition coefficient (Wildman–Crippen LogP) is 0.801. The summed E-state index contributed by atoms with van der Waals surface area (Å²) in [6.07, 6.45) is 2.90. The van der Waals surface area contributed by atoms with Crippen molar-refractivity contribution in [2.45, 2.75) is 30.2 Å². The van der Waals surface area contributed by atoms with Gasteiger partial charge in [0.15, 0.2) is 5.69 Å². The Hall–Kier alpha value is -1.49. The molecule has 1 unspecified atom stereocenters. The van der Waals surface area contributed by atoms with Crippen molar-refractivity contribution in [3.05, 3.63) is 24.0 Å². The molecule has 7 heteroatoms. The van der Waals surface area contributed by atoms with Gasteiger partial charge in [-0.2, -0.15) is 5.26 Å². The lowest BCUT2D eigenvalue weighted by atomic mass is 9.97. The van der Waals surface area contributed by atoms with Crippen molar-refractivity contribution in [2.24, 2.45) is 0 Å². The molecule has 0 spiro atoms. The Balaban J connectivity index is 2.30. The average molecular weight is 281 g/mol. The Kier molecular flexibility index (Phi) is 3.85. The van der Waals surface area contributed by atoms with Gasteiger partial charge in [0.05, 0.1) is 12.1 Å². The molecule has 0 saturated carbocycles. The number of nitriles is 1. The highest BCUT2D eigenvalue weighted by atomic mass is 32.2. The standard InChI is InChI=1S/C12H15N3O3S/c1-12(5-3-7-18-9-12)15-19(16,17)11-4-2-6-14-10(11)8-13/h2,4,6,15H,3,5,7,9H2,1H3. The van der Waals surface area contributed by atoms with E-state index in [4.69, 9.17) is 10.00 Å². The quantitative estimate of drug-likeness (QED) is 0.884. The van der Waals surface area contributed by atoms with Gasteiger partial charge in [-0.05, 0) is 31.9 Å². The molecule has 1 fully saturated rings. The molecule has 1 aliphatic rings. The summed E-state index contributed by atoms with van der Waals surface area (Å²) in [5.41, 5.74) is -0.741. The maximum Gasteiger partial charge on any atom is 0.244 e. The molecule has 1 aromatic heterocycles. The van der Waals surface area contributed by atoms with Crippen molar-refractivity contribution in [3.63, 3.8) is 0 Å². The first-order chi connectivity index (χ1) is 8.97. The van der Waals surface area contributed by atoms with Crippen LogP contribution in [0.15, 0.2) is 23.2 Å². The first-order valence-electron chi connectivity index (χ1n) is 5.94. The van der Waals surface area contributed by atoms with Crippen LogP contribution in [0.25, 0.3) is 0 Å². The molecule has 0 bridgehead atoms. The molecule has 1 aliphatic heterocycles. The summed E-state index contributed by atoms with van der Waals surface area (Å²) in [6.45, 7) is 2.77. The van der Waals surface area contributed by atoms with E-state index in [0.29, 0.717) is 19.6 Å². The van der Waals surface area contributed by atoms with Gasteiger partial charge < -0.3 is 4.74 Å². The topological polar surface area (TPSA) is 92.1 Å². The van der Waals surface area contributed by atoms with Crippen LogP contribution >= 0.6 is 0 Å². The van der Waals surface area contributed by atoms with Gasteiger partial charge in [-0.15, -0.1) is 0 Å². The Morgan fingerprint density at radius 1 is 1.58 bits per heavy atom. The highest BCUT2D eigenvalue weighted by Crippen LogP contribution is 2.22. The number of pyridine rings is 1. The number of nitrogens with zero attached hydrogens (tertiary/aromatic N) is 2. The zero-order valence-electron chi connectivity index (χ0n) is 10.6. The summed E-state index contributed by atoms with van der Waals surface area (Å²) in [5.74, 6) is 0. The number of nitrogens with one attached hydrogen (secondary N) is 1. The maximum atomic E-state index is 12.3. The molecule has 0 amide bonds. The summed E-state index contributed by atoms with van der Waals surface area (Å²) < 4.78 is 32.6. The number of rotatable bonds is 3. The van der Waals surface area contributed by atoms with Crippen LogP contribution in [0.2, 0.25) is 0 Å². The van der Waals surface area contributed by atoms with Gasteiger partial charge in [-0.3, -0.25) is 0 Å². The molecule has 1 aromatic rings. The fourth-order valence-corrected chi connectivity index (χ4v) is 3.62. The third-order valence-electron chi connectivity index (χ3n) is 2.98. The molecule has 0 aromatic carbocycles. The summed E-state index contributed by atoms with van der Waals surface area (Å²) in [7, 11) is -3.78. The van der Waals surface area contributed by atoms with Gasteiger partial charge in [0.25, 0.3) is 0 Å². The van der Waals surface area contributed by atoms with E-state index in [9.17, 15) is 8.42 Å². The van der Waals surface area contributed by atoms with Crippen LogP contribution in [0.1, 0.15) is 25.5 Å². The lowest BCUT2D eigenvalue weighted by Gasteiger charge is -2.33. The third kappa shape index (κ3) is 3.10. The van der Waals surface area contributed by atoms with Crippen LogP contribution in [0.5, 0.6) is 0 Å². The zero-order chi connectivity index (χ0) is 13.9. The summed E-state index contributed by atoms with van der Waals surface area (Å²) >= 11 is 0. The Morgan fingerprint density at radius 2 is 2.37 bits per heavy atom. The molecule has 2 rings (SSSR count). The van der Waals surface area contributed by atoms with Crippen LogP contribution in [-0.4, -0.2) is 32.2 Å². The first-order valence-corrected chi connectivity index (χ1v) is 7.42. The Labute approximate surface area is 112 Å². The van der Waals surface area contributed by atoms with Crippen molar-refractivity contribution in [2.75, 3.05) is 13.2 Å². The molecular weight excluding hydrogens is 266 g/mol. The second-order valence-corrected chi connectivity index (χ2v) is 6.44. The molecule has 2 heterocycles. The zero-order valence-corrected chi connectivity index (χ0v) is 11.4. The molecular formula is C12H15N3O3S. The van der Waals surface area contributed by atoms with E-state index < -0.39 is 15.6 Å². The van der Waals surface area contributed by atoms with Crippen molar-refractivity contribution in [3.8, 4) is 6.07 Å². The Bertz CT molecular complexity index is 601. The van der Waals surface area contributed by atoms with Gasteiger partial charge in [-0.25, -0.2) is 18.1 Å². The van der Waals surface area contributed by atoms with Gasteiger partial charge in [0.2, 0.25) is 10.0 Å². The van der Waals surface area contributed by atoms with E-state index in [1.54, 1.807) is 13.0 Å². The van der Waals surface area contributed by atoms with E-state index in [0.717, 1.165) is 6.42 Å². The molecule has 0 radical (unpaired) electrons. The van der Waals surface area contributed by atoms with E-state index in [2.05, 4.69) is 9.71 Å². The van der Waals surface area contributed by atoms with Crippen LogP contribution in [0, 0.1) is 11.3 Å². The van der Waals surface area contributed by atoms with Crippen molar-refractivity contribution in [1.29, 1.82) is 5.26 Å². The molecule has 1 N–H and O–H groups in total. The second-order valence-electron chi connectivity index (χ2n) is 4.78. The number of hydrogen-bond donors (Lipinski definition) is 1. The second kappa shape index (κ2) is 5.25. The molecule has 19 heavy (non-hydrogen) atoms. The summed E-state index contributed by atoms with van der Waals surface area (Å²) in [5, 5.41) is 8.92. The van der Waals surface area contributed by atoms with Gasteiger partial charge >= 0.3 is 0 Å². The van der Waals surface area contributed by atoms with Crippen molar-refractivity contribution in [1.82, 2.24) is 9.71 Å². The van der Waals surface area contributed by atoms with Crippen molar-refractivity contribution >= 4 is 10.0 Å². The van der Waals surface area contributed by atoms with Crippen molar-refractivity contribution < 1.29 is 13.2 Å². The molecule has 0 aliphatic carbocycles. The van der Waals surface area contributed by atoms with Crippen LogP contribution in [0.4, 0.5) is 0 Å². The number of aromatic nitrogens is 1. The number of sulfonamides is 1. The molecule has 102 valence electrons. The minimum Gasteiger partial charge on any atom is -0.380 e. The fourth-order valence-electron chi connectivity index (χ4n) is 2.09. The SMILES string of the molecule is CC1(NS(=O)(=O)c2cccnc2C#N)CCCOC1.